The second-order valence-corrected chi connectivity index (χ2v) is 7.60. The molecule has 3 aromatic carbocycles. The van der Waals surface area contributed by atoms with Gasteiger partial charge in [-0.25, -0.2) is 0 Å². The van der Waals surface area contributed by atoms with Crippen molar-refractivity contribution >= 4 is 10.9 Å². The molecule has 1 aromatic heterocycles. The van der Waals surface area contributed by atoms with Gasteiger partial charge < -0.3 is 14.4 Å². The Balaban J connectivity index is 1.84. The lowest BCUT2D eigenvalue weighted by atomic mass is 10.1. The third kappa shape index (κ3) is 3.79. The average Bonchev–Trinajstić information content (AvgIpc) is 3.01. The molecule has 0 radical (unpaired) electrons. The monoisotopic (exact) mass is 385 g/mol. The Labute approximate surface area is 172 Å². The Hall–Kier alpha value is -3.04. The molecule has 0 aliphatic heterocycles. The van der Waals surface area contributed by atoms with Crippen LogP contribution >= 0.6 is 0 Å². The molecule has 3 heteroatoms. The van der Waals surface area contributed by atoms with E-state index in [9.17, 15) is 0 Å². The van der Waals surface area contributed by atoms with Crippen LogP contribution in [0.4, 0.5) is 0 Å². The molecule has 0 saturated carbocycles. The van der Waals surface area contributed by atoms with Crippen LogP contribution < -0.4 is 4.74 Å². The lowest BCUT2D eigenvalue weighted by molar-refractivity contribution is 0.299. The number of benzene rings is 3. The Kier molecular flexibility index (Phi) is 5.41. The summed E-state index contributed by atoms with van der Waals surface area (Å²) in [7, 11) is 1.69. The van der Waals surface area contributed by atoms with Gasteiger partial charge in [0.1, 0.15) is 5.75 Å². The fraction of sp³-hybridized carbons (Fsp3) is 0.231. The molecular weight excluding hydrogens is 358 g/mol. The van der Waals surface area contributed by atoms with E-state index in [4.69, 9.17) is 9.84 Å². The minimum Gasteiger partial charge on any atom is -0.497 e. The van der Waals surface area contributed by atoms with Crippen LogP contribution in [0.25, 0.3) is 22.2 Å². The molecular formula is C26H27NO2. The average molecular weight is 386 g/mol. The first-order chi connectivity index (χ1) is 14.1. The first-order valence-corrected chi connectivity index (χ1v) is 10.0. The lowest BCUT2D eigenvalue weighted by Crippen LogP contribution is -2.03. The predicted octanol–water partition coefficient (Wildman–Crippen LogP) is 5.52. The van der Waals surface area contributed by atoms with Crippen molar-refractivity contribution in [2.45, 2.75) is 26.8 Å². The summed E-state index contributed by atoms with van der Waals surface area (Å²) in [5.74, 6) is 0.865. The van der Waals surface area contributed by atoms with Gasteiger partial charge in [0.05, 0.1) is 12.8 Å². The molecule has 0 atom stereocenters. The van der Waals surface area contributed by atoms with Gasteiger partial charge in [-0.2, -0.15) is 0 Å². The first-order valence-electron chi connectivity index (χ1n) is 10.0. The molecule has 0 saturated heterocycles. The van der Waals surface area contributed by atoms with Gasteiger partial charge in [0.25, 0.3) is 0 Å². The van der Waals surface area contributed by atoms with Gasteiger partial charge in [0, 0.05) is 24.1 Å². The van der Waals surface area contributed by atoms with Crippen molar-refractivity contribution in [3.63, 3.8) is 0 Å². The summed E-state index contributed by atoms with van der Waals surface area (Å²) in [6.45, 7) is 5.33. The molecule has 3 nitrogen and oxygen atoms in total. The third-order valence-electron chi connectivity index (χ3n) is 5.60. The molecule has 0 fully saturated rings. The molecule has 0 bridgehead atoms. The van der Waals surface area contributed by atoms with Gasteiger partial charge in [-0.1, -0.05) is 35.9 Å². The second kappa shape index (κ2) is 8.14. The van der Waals surface area contributed by atoms with E-state index in [2.05, 4.69) is 73.0 Å². The van der Waals surface area contributed by atoms with Crippen molar-refractivity contribution in [2.75, 3.05) is 13.7 Å². The Bertz CT molecular complexity index is 1120. The summed E-state index contributed by atoms with van der Waals surface area (Å²) in [5.41, 5.74) is 8.66. The summed E-state index contributed by atoms with van der Waals surface area (Å²) in [4.78, 5) is 0. The number of aryl methyl sites for hydroxylation is 2. The quantitative estimate of drug-likeness (QED) is 0.474. The zero-order valence-corrected chi connectivity index (χ0v) is 17.3. The van der Waals surface area contributed by atoms with Crippen molar-refractivity contribution in [1.82, 2.24) is 4.57 Å². The smallest absolute Gasteiger partial charge is 0.118 e. The summed E-state index contributed by atoms with van der Waals surface area (Å²) < 4.78 is 7.75. The van der Waals surface area contributed by atoms with Crippen molar-refractivity contribution in [2.24, 2.45) is 0 Å². The Morgan fingerprint density at radius 3 is 2.21 bits per heavy atom. The van der Waals surface area contributed by atoms with Crippen LogP contribution in [0.5, 0.6) is 5.75 Å². The molecule has 0 amide bonds. The van der Waals surface area contributed by atoms with Crippen LogP contribution in [-0.4, -0.2) is 23.4 Å². The minimum atomic E-state index is 0.182. The van der Waals surface area contributed by atoms with Crippen molar-refractivity contribution < 1.29 is 9.84 Å². The van der Waals surface area contributed by atoms with Gasteiger partial charge in [0.2, 0.25) is 0 Å². The number of aromatic nitrogens is 1. The molecule has 0 unspecified atom stereocenters. The molecule has 4 aromatic rings. The van der Waals surface area contributed by atoms with E-state index in [1.165, 1.54) is 38.9 Å². The number of hydrogen-bond acceptors (Lipinski definition) is 2. The number of rotatable bonds is 6. The van der Waals surface area contributed by atoms with Crippen molar-refractivity contribution in [3.8, 4) is 17.0 Å². The molecule has 29 heavy (non-hydrogen) atoms. The van der Waals surface area contributed by atoms with E-state index in [-0.39, 0.29) is 6.61 Å². The van der Waals surface area contributed by atoms with E-state index in [1.807, 2.05) is 12.1 Å². The van der Waals surface area contributed by atoms with Gasteiger partial charge >= 0.3 is 0 Å². The second-order valence-electron chi connectivity index (χ2n) is 7.60. The van der Waals surface area contributed by atoms with Crippen LogP contribution in [0.3, 0.4) is 0 Å². The van der Waals surface area contributed by atoms with Crippen molar-refractivity contribution in [1.29, 1.82) is 0 Å². The highest BCUT2D eigenvalue weighted by Crippen LogP contribution is 2.35. The van der Waals surface area contributed by atoms with Gasteiger partial charge in [-0.05, 0) is 78.9 Å². The van der Waals surface area contributed by atoms with E-state index >= 15 is 0 Å². The number of nitrogens with zero attached hydrogens (tertiary/aromatic N) is 1. The maximum absolute atomic E-state index is 9.15. The number of methoxy groups -OCH3 is 1. The Morgan fingerprint density at radius 2 is 1.55 bits per heavy atom. The summed E-state index contributed by atoms with van der Waals surface area (Å²) in [5, 5.41) is 10.5. The lowest BCUT2D eigenvalue weighted by Gasteiger charge is -2.13. The molecule has 0 aliphatic rings. The third-order valence-corrected chi connectivity index (χ3v) is 5.60. The predicted molar refractivity (Wildman–Crippen MR) is 120 cm³/mol. The zero-order chi connectivity index (χ0) is 20.4. The molecule has 1 heterocycles. The Morgan fingerprint density at radius 1 is 0.862 bits per heavy atom. The fourth-order valence-corrected chi connectivity index (χ4v) is 4.04. The maximum Gasteiger partial charge on any atom is 0.118 e. The van der Waals surface area contributed by atoms with Gasteiger partial charge in [-0.3, -0.25) is 0 Å². The highest BCUT2D eigenvalue weighted by molar-refractivity contribution is 5.92. The highest BCUT2D eigenvalue weighted by atomic mass is 16.5. The van der Waals surface area contributed by atoms with Crippen LogP contribution in [0.2, 0.25) is 0 Å². The van der Waals surface area contributed by atoms with Crippen LogP contribution in [0.1, 0.15) is 22.3 Å². The number of aliphatic hydroxyl groups excluding tert-OH is 1. The van der Waals surface area contributed by atoms with Crippen LogP contribution in [0.15, 0.2) is 66.7 Å². The normalized spacial score (nSPS) is 11.2. The minimum absolute atomic E-state index is 0.182. The summed E-state index contributed by atoms with van der Waals surface area (Å²) in [6.07, 6.45) is 0.697. The van der Waals surface area contributed by atoms with Crippen molar-refractivity contribution in [3.05, 3.63) is 89.0 Å². The molecule has 1 N–H and O–H groups in total. The van der Waals surface area contributed by atoms with E-state index in [1.54, 1.807) is 7.11 Å². The topological polar surface area (TPSA) is 34.4 Å². The maximum atomic E-state index is 9.15. The molecule has 0 aliphatic carbocycles. The number of hydrogen-bond donors (Lipinski definition) is 1. The first kappa shape index (κ1) is 19.3. The molecule has 4 rings (SSSR count). The molecule has 148 valence electrons. The zero-order valence-electron chi connectivity index (χ0n) is 17.3. The summed E-state index contributed by atoms with van der Waals surface area (Å²) >= 11 is 0. The van der Waals surface area contributed by atoms with E-state index < -0.39 is 0 Å². The fourth-order valence-electron chi connectivity index (χ4n) is 4.04. The van der Waals surface area contributed by atoms with Crippen LogP contribution in [-0.2, 0) is 13.0 Å². The molecule has 0 spiro atoms. The van der Waals surface area contributed by atoms with E-state index in [0.717, 1.165) is 17.9 Å². The SMILES string of the molecule is COc1ccc(-c2c(C)c3cc(C)ccc3n2Cc2ccc(CCO)cc2)cc1. The van der Waals surface area contributed by atoms with E-state index in [0.29, 0.717) is 6.42 Å². The number of ether oxygens (including phenoxy) is 1. The number of aliphatic hydroxyl groups is 1. The standard InChI is InChI=1S/C26H27NO2/c1-18-4-13-25-24(16-18)19(2)26(22-9-11-23(29-3)12-10-22)27(25)17-21-7-5-20(6-8-21)14-15-28/h4-13,16,28H,14-15,17H2,1-3H3. The highest BCUT2D eigenvalue weighted by Gasteiger charge is 2.16. The van der Waals surface area contributed by atoms with Gasteiger partial charge in [0.15, 0.2) is 0 Å². The summed E-state index contributed by atoms with van der Waals surface area (Å²) in [6, 6.07) is 23.5. The van der Waals surface area contributed by atoms with Gasteiger partial charge in [-0.15, -0.1) is 0 Å². The number of fused-ring (bicyclic) bond motifs is 1. The van der Waals surface area contributed by atoms with Crippen LogP contribution in [0, 0.1) is 13.8 Å². The largest absolute Gasteiger partial charge is 0.497 e.